The van der Waals surface area contributed by atoms with Gasteiger partial charge in [0.1, 0.15) is 5.75 Å². The van der Waals surface area contributed by atoms with Crippen LogP contribution < -0.4 is 10.1 Å². The minimum Gasteiger partial charge on any atom is -0.482 e. The molecule has 112 valence electrons. The van der Waals surface area contributed by atoms with E-state index in [4.69, 9.17) is 9.84 Å². The third-order valence-electron chi connectivity index (χ3n) is 3.27. The van der Waals surface area contributed by atoms with Gasteiger partial charge in [-0.25, -0.2) is 0 Å². The van der Waals surface area contributed by atoms with Crippen molar-refractivity contribution in [3.63, 3.8) is 0 Å². The second-order valence-corrected chi connectivity index (χ2v) is 5.94. The van der Waals surface area contributed by atoms with E-state index >= 15 is 0 Å². The van der Waals surface area contributed by atoms with Crippen molar-refractivity contribution in [3.8, 4) is 5.75 Å². The summed E-state index contributed by atoms with van der Waals surface area (Å²) in [5.41, 5.74) is 2.87. The second kappa shape index (κ2) is 6.69. The summed E-state index contributed by atoms with van der Waals surface area (Å²) < 4.78 is 5.36. The fourth-order valence-electron chi connectivity index (χ4n) is 1.76. The Kier molecular flexibility index (Phi) is 4.93. The Morgan fingerprint density at radius 1 is 1.33 bits per heavy atom. The standard InChI is InChI=1S/C15H18N2O3S/c1-9-10(2)15(21-11(9)3)17-14(19)8-20-13-5-4-12(7-18)16-6-13/h4-6,18H,7-8H2,1-3H3,(H,17,19). The highest BCUT2D eigenvalue weighted by Gasteiger charge is 2.11. The lowest BCUT2D eigenvalue weighted by Crippen LogP contribution is -2.20. The number of aromatic nitrogens is 1. The van der Waals surface area contributed by atoms with Crippen LogP contribution in [0.15, 0.2) is 18.3 Å². The highest BCUT2D eigenvalue weighted by Crippen LogP contribution is 2.31. The van der Waals surface area contributed by atoms with Gasteiger partial charge < -0.3 is 15.2 Å². The zero-order valence-corrected chi connectivity index (χ0v) is 13.1. The van der Waals surface area contributed by atoms with Crippen molar-refractivity contribution in [1.29, 1.82) is 0 Å². The van der Waals surface area contributed by atoms with Gasteiger partial charge in [-0.3, -0.25) is 9.78 Å². The van der Waals surface area contributed by atoms with Crippen LogP contribution in [-0.4, -0.2) is 22.6 Å². The first kappa shape index (κ1) is 15.5. The summed E-state index contributed by atoms with van der Waals surface area (Å²) in [6.07, 6.45) is 1.49. The molecule has 2 N–H and O–H groups in total. The molecular weight excluding hydrogens is 288 g/mol. The second-order valence-electron chi connectivity index (χ2n) is 4.72. The van der Waals surface area contributed by atoms with Gasteiger partial charge in [0, 0.05) is 4.88 Å². The van der Waals surface area contributed by atoms with Gasteiger partial charge in [-0.1, -0.05) is 0 Å². The van der Waals surface area contributed by atoms with Gasteiger partial charge in [-0.2, -0.15) is 0 Å². The maximum atomic E-state index is 11.9. The Morgan fingerprint density at radius 3 is 2.62 bits per heavy atom. The van der Waals surface area contributed by atoms with Crippen LogP contribution in [0.2, 0.25) is 0 Å². The molecule has 0 spiro atoms. The largest absolute Gasteiger partial charge is 0.482 e. The lowest BCUT2D eigenvalue weighted by atomic mass is 10.2. The summed E-state index contributed by atoms with van der Waals surface area (Å²) in [7, 11) is 0. The van der Waals surface area contributed by atoms with Crippen molar-refractivity contribution in [3.05, 3.63) is 40.0 Å². The summed E-state index contributed by atoms with van der Waals surface area (Å²) in [6, 6.07) is 3.33. The lowest BCUT2D eigenvalue weighted by Gasteiger charge is -2.07. The Labute approximate surface area is 127 Å². The predicted octanol–water partition coefficient (Wildman–Crippen LogP) is 2.58. The van der Waals surface area contributed by atoms with E-state index in [-0.39, 0.29) is 19.1 Å². The first-order valence-electron chi connectivity index (χ1n) is 6.56. The Balaban J connectivity index is 1.91. The van der Waals surface area contributed by atoms with Gasteiger partial charge in [-0.15, -0.1) is 11.3 Å². The number of nitrogens with zero attached hydrogens (tertiary/aromatic N) is 1. The number of carbonyl (C=O) groups is 1. The van der Waals surface area contributed by atoms with E-state index in [0.29, 0.717) is 11.4 Å². The molecule has 0 aliphatic rings. The molecule has 2 aromatic rings. The third-order valence-corrected chi connectivity index (χ3v) is 4.49. The smallest absolute Gasteiger partial charge is 0.262 e. The monoisotopic (exact) mass is 306 g/mol. The van der Waals surface area contributed by atoms with E-state index in [2.05, 4.69) is 10.3 Å². The molecule has 1 amide bonds. The minimum atomic E-state index is -0.203. The number of thiophene rings is 1. The first-order chi connectivity index (χ1) is 10.0. The molecule has 0 aromatic carbocycles. The third kappa shape index (κ3) is 3.80. The molecule has 0 saturated heterocycles. The average Bonchev–Trinajstić information content (AvgIpc) is 2.73. The number of aryl methyl sites for hydroxylation is 1. The summed E-state index contributed by atoms with van der Waals surface area (Å²) in [6.45, 7) is 5.88. The van der Waals surface area contributed by atoms with E-state index < -0.39 is 0 Å². The van der Waals surface area contributed by atoms with Crippen LogP contribution >= 0.6 is 11.3 Å². The van der Waals surface area contributed by atoms with Gasteiger partial charge in [-0.05, 0) is 44.0 Å². The SMILES string of the molecule is Cc1sc(NC(=O)COc2ccc(CO)nc2)c(C)c1C. The van der Waals surface area contributed by atoms with Crippen LogP contribution in [0, 0.1) is 20.8 Å². The number of hydrogen-bond acceptors (Lipinski definition) is 5. The van der Waals surface area contributed by atoms with Crippen LogP contribution in [0.3, 0.4) is 0 Å². The number of anilines is 1. The molecule has 2 aromatic heterocycles. The van der Waals surface area contributed by atoms with E-state index in [1.54, 1.807) is 23.5 Å². The maximum Gasteiger partial charge on any atom is 0.262 e. The number of amides is 1. The molecule has 0 fully saturated rings. The van der Waals surface area contributed by atoms with Gasteiger partial charge in [0.2, 0.25) is 0 Å². The number of rotatable bonds is 5. The number of carbonyl (C=O) groups excluding carboxylic acids is 1. The van der Waals surface area contributed by atoms with Crippen LogP contribution in [0.1, 0.15) is 21.7 Å². The van der Waals surface area contributed by atoms with Gasteiger partial charge in [0.05, 0.1) is 23.5 Å². The van der Waals surface area contributed by atoms with E-state index in [1.165, 1.54) is 16.6 Å². The van der Waals surface area contributed by atoms with E-state index in [0.717, 1.165) is 10.6 Å². The van der Waals surface area contributed by atoms with Crippen molar-refractivity contribution in [2.24, 2.45) is 0 Å². The molecule has 2 heterocycles. The highest BCUT2D eigenvalue weighted by molar-refractivity contribution is 7.16. The number of hydrogen-bond donors (Lipinski definition) is 2. The molecule has 6 heteroatoms. The fourth-order valence-corrected chi connectivity index (χ4v) is 2.84. The predicted molar refractivity (Wildman–Crippen MR) is 82.8 cm³/mol. The van der Waals surface area contributed by atoms with Crippen molar-refractivity contribution >= 4 is 22.2 Å². The maximum absolute atomic E-state index is 11.9. The van der Waals surface area contributed by atoms with Crippen molar-refractivity contribution in [1.82, 2.24) is 4.98 Å². The summed E-state index contributed by atoms with van der Waals surface area (Å²) in [4.78, 5) is 17.1. The number of ether oxygens (including phenoxy) is 1. The molecule has 0 bridgehead atoms. The van der Waals surface area contributed by atoms with Crippen molar-refractivity contribution in [2.45, 2.75) is 27.4 Å². The molecule has 21 heavy (non-hydrogen) atoms. The van der Waals surface area contributed by atoms with Gasteiger partial charge >= 0.3 is 0 Å². The lowest BCUT2D eigenvalue weighted by molar-refractivity contribution is -0.118. The van der Waals surface area contributed by atoms with Crippen LogP contribution in [0.4, 0.5) is 5.00 Å². The number of nitrogens with one attached hydrogen (secondary N) is 1. The van der Waals surface area contributed by atoms with E-state index in [9.17, 15) is 4.79 Å². The minimum absolute atomic E-state index is 0.0738. The molecule has 0 atom stereocenters. The Hall–Kier alpha value is -1.92. The van der Waals surface area contributed by atoms with Gasteiger partial charge in [0.15, 0.2) is 6.61 Å². The van der Waals surface area contributed by atoms with E-state index in [1.807, 2.05) is 20.8 Å². The van der Waals surface area contributed by atoms with Crippen LogP contribution in [0.25, 0.3) is 0 Å². The summed E-state index contributed by atoms with van der Waals surface area (Å²) in [5.74, 6) is 0.295. The molecule has 0 radical (unpaired) electrons. The molecule has 0 saturated carbocycles. The molecule has 0 aliphatic heterocycles. The van der Waals surface area contributed by atoms with Crippen molar-refractivity contribution in [2.75, 3.05) is 11.9 Å². The summed E-state index contributed by atoms with van der Waals surface area (Å²) in [5, 5.41) is 12.6. The van der Waals surface area contributed by atoms with Gasteiger partial charge in [0.25, 0.3) is 5.91 Å². The fraction of sp³-hybridized carbons (Fsp3) is 0.333. The molecule has 5 nitrogen and oxygen atoms in total. The molecule has 0 unspecified atom stereocenters. The van der Waals surface area contributed by atoms with Crippen LogP contribution in [-0.2, 0) is 11.4 Å². The molecule has 2 rings (SSSR count). The molecular formula is C15H18N2O3S. The quantitative estimate of drug-likeness (QED) is 0.890. The highest BCUT2D eigenvalue weighted by atomic mass is 32.1. The number of pyridine rings is 1. The summed E-state index contributed by atoms with van der Waals surface area (Å²) >= 11 is 1.57. The normalized spacial score (nSPS) is 10.5. The number of aliphatic hydroxyl groups excluding tert-OH is 1. The average molecular weight is 306 g/mol. The zero-order valence-electron chi connectivity index (χ0n) is 12.3. The zero-order chi connectivity index (χ0) is 15.4. The Bertz CT molecular complexity index is 635. The van der Waals surface area contributed by atoms with Crippen molar-refractivity contribution < 1.29 is 14.6 Å². The number of aliphatic hydroxyl groups is 1. The Morgan fingerprint density at radius 2 is 2.10 bits per heavy atom. The van der Waals surface area contributed by atoms with Crippen LogP contribution in [0.5, 0.6) is 5.75 Å². The topological polar surface area (TPSA) is 71.5 Å². The first-order valence-corrected chi connectivity index (χ1v) is 7.38. The molecule has 0 aliphatic carbocycles.